The van der Waals surface area contributed by atoms with Gasteiger partial charge in [-0.2, -0.15) is 0 Å². The van der Waals surface area contributed by atoms with Crippen molar-refractivity contribution in [2.75, 3.05) is 26.7 Å². The zero-order valence-electron chi connectivity index (χ0n) is 12.7. The first kappa shape index (κ1) is 16.1. The quantitative estimate of drug-likeness (QED) is 0.837. The molecule has 2 atom stereocenters. The molecule has 0 unspecified atom stereocenters. The normalized spacial score (nSPS) is 22.0. The van der Waals surface area contributed by atoms with E-state index in [0.29, 0.717) is 22.8 Å². The summed E-state index contributed by atoms with van der Waals surface area (Å²) in [4.78, 5) is 29.1. The summed E-state index contributed by atoms with van der Waals surface area (Å²) in [7, 11) is 1.98. The van der Waals surface area contributed by atoms with Crippen LogP contribution >= 0.6 is 11.3 Å². The Bertz CT molecular complexity index is 529. The predicted octanol–water partition coefficient (Wildman–Crippen LogP) is 1.48. The summed E-state index contributed by atoms with van der Waals surface area (Å²) < 4.78 is 0. The first-order chi connectivity index (χ1) is 9.95. The highest BCUT2D eigenvalue weighted by Crippen LogP contribution is 2.26. The van der Waals surface area contributed by atoms with Crippen molar-refractivity contribution < 1.29 is 14.7 Å². The average molecular weight is 310 g/mol. The number of rotatable bonds is 5. The molecule has 0 bridgehead atoms. The fraction of sp³-hybridized carbons (Fsp3) is 0.600. The van der Waals surface area contributed by atoms with Crippen LogP contribution in [0.1, 0.15) is 39.6 Å². The van der Waals surface area contributed by atoms with Gasteiger partial charge in [-0.1, -0.05) is 0 Å². The van der Waals surface area contributed by atoms with Crippen molar-refractivity contribution in [1.82, 2.24) is 9.80 Å². The number of aliphatic hydroxyl groups excluding tert-OH is 1. The molecular formula is C15H22N2O3S. The van der Waals surface area contributed by atoms with E-state index in [1.165, 1.54) is 18.3 Å². The smallest absolute Gasteiger partial charge is 0.264 e. The van der Waals surface area contributed by atoms with E-state index in [1.807, 2.05) is 18.9 Å². The molecule has 6 heteroatoms. The van der Waals surface area contributed by atoms with Crippen LogP contribution in [0.15, 0.2) is 12.1 Å². The lowest BCUT2D eigenvalue weighted by atomic mass is 10.1. The lowest BCUT2D eigenvalue weighted by Crippen LogP contribution is -2.44. The van der Waals surface area contributed by atoms with Crippen molar-refractivity contribution >= 4 is 23.0 Å². The molecule has 2 rings (SSSR count). The maximum atomic E-state index is 12.6. The molecule has 1 aromatic heterocycles. The summed E-state index contributed by atoms with van der Waals surface area (Å²) in [5.74, 6) is -0.00558. The predicted molar refractivity (Wildman–Crippen MR) is 82.9 cm³/mol. The minimum absolute atomic E-state index is 0.0000940. The van der Waals surface area contributed by atoms with Gasteiger partial charge in [-0.05, 0) is 39.4 Å². The third-order valence-corrected chi connectivity index (χ3v) is 5.33. The van der Waals surface area contributed by atoms with E-state index in [1.54, 1.807) is 12.1 Å². The second-order valence-electron chi connectivity index (χ2n) is 5.52. The van der Waals surface area contributed by atoms with Gasteiger partial charge in [0.05, 0.1) is 16.4 Å². The number of aliphatic hydroxyl groups is 1. The lowest BCUT2D eigenvalue weighted by Gasteiger charge is -2.30. The molecule has 5 nitrogen and oxygen atoms in total. The van der Waals surface area contributed by atoms with E-state index in [9.17, 15) is 9.59 Å². The van der Waals surface area contributed by atoms with Crippen molar-refractivity contribution in [1.29, 1.82) is 0 Å². The molecule has 0 aromatic carbocycles. The fourth-order valence-corrected chi connectivity index (χ4v) is 3.76. The Morgan fingerprint density at radius 3 is 2.67 bits per heavy atom. The molecule has 1 aromatic rings. The number of carbonyl (C=O) groups is 2. The van der Waals surface area contributed by atoms with Crippen molar-refractivity contribution in [3.63, 3.8) is 0 Å². The molecule has 0 spiro atoms. The molecule has 0 radical (unpaired) electrons. The van der Waals surface area contributed by atoms with Crippen LogP contribution in [0.3, 0.4) is 0 Å². The number of hydrogen-bond acceptors (Lipinski definition) is 5. The Labute approximate surface area is 129 Å². The van der Waals surface area contributed by atoms with Crippen LogP contribution < -0.4 is 0 Å². The highest BCUT2D eigenvalue weighted by molar-refractivity contribution is 7.15. The van der Waals surface area contributed by atoms with Crippen LogP contribution in [0.2, 0.25) is 0 Å². The first-order valence-corrected chi connectivity index (χ1v) is 8.00. The third-order valence-electron chi connectivity index (χ3n) is 4.16. The highest BCUT2D eigenvalue weighted by Gasteiger charge is 2.36. The van der Waals surface area contributed by atoms with Crippen LogP contribution in [0.25, 0.3) is 0 Å². The standard InChI is InChI=1S/C15H22N2O3S/c1-10-12(16(3)8-9-18)6-7-17(10)15(20)14-5-4-13(21-14)11(2)19/h4-5,10,12,18H,6-9H2,1-3H3/t10-,12-/m1/s1. The number of thiophene rings is 1. The molecule has 1 aliphatic heterocycles. The van der Waals surface area contributed by atoms with E-state index < -0.39 is 0 Å². The lowest BCUT2D eigenvalue weighted by molar-refractivity contribution is 0.0711. The summed E-state index contributed by atoms with van der Waals surface area (Å²) in [5, 5.41) is 9.04. The van der Waals surface area contributed by atoms with Crippen LogP contribution in [0.4, 0.5) is 0 Å². The molecular weight excluding hydrogens is 288 g/mol. The molecule has 1 aliphatic rings. The van der Waals surface area contributed by atoms with Crippen molar-refractivity contribution in [2.24, 2.45) is 0 Å². The highest BCUT2D eigenvalue weighted by atomic mass is 32.1. The van der Waals surface area contributed by atoms with Gasteiger partial charge in [-0.3, -0.25) is 14.5 Å². The second-order valence-corrected chi connectivity index (χ2v) is 6.60. The van der Waals surface area contributed by atoms with Gasteiger partial charge in [0.1, 0.15) is 0 Å². The second kappa shape index (κ2) is 6.68. The van der Waals surface area contributed by atoms with Crippen LogP contribution in [0, 0.1) is 0 Å². The zero-order chi connectivity index (χ0) is 15.6. The Morgan fingerprint density at radius 2 is 2.10 bits per heavy atom. The number of amides is 1. The average Bonchev–Trinajstić information content (AvgIpc) is 3.05. The first-order valence-electron chi connectivity index (χ1n) is 7.18. The number of carbonyl (C=O) groups excluding carboxylic acids is 2. The summed E-state index contributed by atoms with van der Waals surface area (Å²) in [6.45, 7) is 5.01. The molecule has 1 amide bonds. The number of hydrogen-bond donors (Lipinski definition) is 1. The van der Waals surface area contributed by atoms with Crippen LogP contribution in [-0.4, -0.2) is 65.4 Å². The maximum Gasteiger partial charge on any atom is 0.264 e. The van der Waals surface area contributed by atoms with Gasteiger partial charge in [0.15, 0.2) is 5.78 Å². The van der Waals surface area contributed by atoms with E-state index in [-0.39, 0.29) is 30.4 Å². The van der Waals surface area contributed by atoms with E-state index in [4.69, 9.17) is 5.11 Å². The van der Waals surface area contributed by atoms with E-state index in [2.05, 4.69) is 4.90 Å². The molecule has 2 heterocycles. The molecule has 116 valence electrons. The van der Waals surface area contributed by atoms with Gasteiger partial charge >= 0.3 is 0 Å². The third kappa shape index (κ3) is 3.33. The fourth-order valence-electron chi connectivity index (χ4n) is 2.91. The number of Topliss-reactive ketones (excluding diaryl/α,β-unsaturated/α-hetero) is 1. The summed E-state index contributed by atoms with van der Waals surface area (Å²) in [6.07, 6.45) is 0.911. The van der Waals surface area contributed by atoms with Gasteiger partial charge in [-0.15, -0.1) is 11.3 Å². The molecule has 1 fully saturated rings. The Morgan fingerprint density at radius 1 is 1.43 bits per heavy atom. The van der Waals surface area contributed by atoms with Gasteiger partial charge in [0.25, 0.3) is 5.91 Å². The topological polar surface area (TPSA) is 60.9 Å². The van der Waals surface area contributed by atoms with Crippen molar-refractivity contribution in [3.05, 3.63) is 21.9 Å². The van der Waals surface area contributed by atoms with Gasteiger partial charge < -0.3 is 10.0 Å². The van der Waals surface area contributed by atoms with E-state index >= 15 is 0 Å². The number of likely N-dealkylation sites (tertiary alicyclic amines) is 1. The monoisotopic (exact) mass is 310 g/mol. The van der Waals surface area contributed by atoms with Crippen molar-refractivity contribution in [3.8, 4) is 0 Å². The summed E-state index contributed by atoms with van der Waals surface area (Å²) in [5.41, 5.74) is 0. The Hall–Kier alpha value is -1.24. The van der Waals surface area contributed by atoms with Crippen LogP contribution in [0.5, 0.6) is 0 Å². The van der Waals surface area contributed by atoms with E-state index in [0.717, 1.165) is 6.42 Å². The summed E-state index contributed by atoms with van der Waals surface area (Å²) in [6, 6.07) is 3.84. The SMILES string of the molecule is CC(=O)c1ccc(C(=O)N2CC[C@@H](N(C)CCO)[C@H]2C)s1. The number of ketones is 1. The van der Waals surface area contributed by atoms with Gasteiger partial charge in [0, 0.05) is 25.2 Å². The molecule has 1 saturated heterocycles. The van der Waals surface area contributed by atoms with Crippen LogP contribution in [-0.2, 0) is 0 Å². The number of likely N-dealkylation sites (N-methyl/N-ethyl adjacent to an activating group) is 1. The van der Waals surface area contributed by atoms with Gasteiger partial charge in [-0.25, -0.2) is 0 Å². The number of nitrogens with zero attached hydrogens (tertiary/aromatic N) is 2. The zero-order valence-corrected chi connectivity index (χ0v) is 13.5. The minimum Gasteiger partial charge on any atom is -0.395 e. The Balaban J connectivity index is 2.08. The molecule has 0 saturated carbocycles. The molecule has 1 N–H and O–H groups in total. The summed E-state index contributed by atoms with van der Waals surface area (Å²) >= 11 is 1.26. The largest absolute Gasteiger partial charge is 0.395 e. The molecule has 0 aliphatic carbocycles. The Kier molecular flexibility index (Phi) is 5.13. The maximum absolute atomic E-state index is 12.6. The minimum atomic E-state index is -0.00549. The van der Waals surface area contributed by atoms with Gasteiger partial charge in [0.2, 0.25) is 0 Å². The van der Waals surface area contributed by atoms with Crippen molar-refractivity contribution in [2.45, 2.75) is 32.4 Å². The molecule has 21 heavy (non-hydrogen) atoms.